The molecule has 138 valence electrons. The summed E-state index contributed by atoms with van der Waals surface area (Å²) in [7, 11) is -3.48. The molecule has 1 saturated heterocycles. The van der Waals surface area contributed by atoms with Gasteiger partial charge in [0.05, 0.1) is 24.3 Å². The van der Waals surface area contributed by atoms with Gasteiger partial charge in [-0.1, -0.05) is 12.1 Å². The van der Waals surface area contributed by atoms with Crippen LogP contribution in [0.3, 0.4) is 0 Å². The highest BCUT2D eigenvalue weighted by Gasteiger charge is 2.25. The van der Waals surface area contributed by atoms with E-state index in [0.29, 0.717) is 39.3 Å². The number of hydrogen-bond donors (Lipinski definition) is 1. The molecular formula is C17H20N4O4S. The van der Waals surface area contributed by atoms with Crippen LogP contribution in [0.25, 0.3) is 0 Å². The Morgan fingerprint density at radius 2 is 1.88 bits per heavy atom. The van der Waals surface area contributed by atoms with E-state index in [1.807, 2.05) is 0 Å². The van der Waals surface area contributed by atoms with Crippen LogP contribution in [-0.2, 0) is 21.2 Å². The van der Waals surface area contributed by atoms with Gasteiger partial charge in [0.1, 0.15) is 5.69 Å². The normalized spacial score (nSPS) is 15.5. The van der Waals surface area contributed by atoms with Gasteiger partial charge in [-0.25, -0.2) is 13.4 Å². The number of aromatic nitrogens is 2. The topological polar surface area (TPSA) is 101 Å². The maximum absolute atomic E-state index is 12.6. The molecule has 0 atom stereocenters. The van der Waals surface area contributed by atoms with Gasteiger partial charge in [-0.2, -0.15) is 4.31 Å². The summed E-state index contributed by atoms with van der Waals surface area (Å²) < 4.78 is 31.8. The van der Waals surface area contributed by atoms with Crippen molar-refractivity contribution in [1.82, 2.24) is 19.6 Å². The van der Waals surface area contributed by atoms with E-state index in [4.69, 9.17) is 4.74 Å². The second kappa shape index (κ2) is 8.35. The highest BCUT2D eigenvalue weighted by Crippen LogP contribution is 2.17. The van der Waals surface area contributed by atoms with Gasteiger partial charge < -0.3 is 10.1 Å². The van der Waals surface area contributed by atoms with Crippen LogP contribution in [0.4, 0.5) is 0 Å². The summed E-state index contributed by atoms with van der Waals surface area (Å²) in [5, 5.41) is 2.76. The second-order valence-corrected chi connectivity index (χ2v) is 7.69. The predicted octanol–water partition coefficient (Wildman–Crippen LogP) is 0.470. The lowest BCUT2D eigenvalue weighted by atomic mass is 10.1. The Hall–Kier alpha value is -2.36. The van der Waals surface area contributed by atoms with Gasteiger partial charge in [-0.05, 0) is 24.1 Å². The average Bonchev–Trinajstić information content (AvgIpc) is 2.69. The van der Waals surface area contributed by atoms with E-state index >= 15 is 0 Å². The maximum atomic E-state index is 12.6. The van der Waals surface area contributed by atoms with Crippen molar-refractivity contribution in [2.75, 3.05) is 32.8 Å². The highest BCUT2D eigenvalue weighted by atomic mass is 32.2. The summed E-state index contributed by atoms with van der Waals surface area (Å²) in [5.41, 5.74) is 1.20. The van der Waals surface area contributed by atoms with Crippen molar-refractivity contribution < 1.29 is 17.9 Å². The predicted molar refractivity (Wildman–Crippen MR) is 94.1 cm³/mol. The standard InChI is InChI=1S/C17H20N4O4S/c22-17(16-13-18-7-8-19-16)20-6-5-14-1-3-15(4-2-14)26(23,24)21-9-11-25-12-10-21/h1-4,7-8,13H,5-6,9-12H2,(H,20,22). The minimum Gasteiger partial charge on any atom is -0.379 e. The number of morpholine rings is 1. The zero-order chi connectivity index (χ0) is 18.4. The van der Waals surface area contributed by atoms with Gasteiger partial charge in [0.15, 0.2) is 0 Å². The molecule has 1 aromatic heterocycles. The molecule has 26 heavy (non-hydrogen) atoms. The molecule has 1 aliphatic rings. The number of ether oxygens (including phenoxy) is 1. The average molecular weight is 376 g/mol. The van der Waals surface area contributed by atoms with Crippen molar-refractivity contribution in [3.05, 3.63) is 54.1 Å². The lowest BCUT2D eigenvalue weighted by Crippen LogP contribution is -2.40. The summed E-state index contributed by atoms with van der Waals surface area (Å²) >= 11 is 0. The molecule has 0 spiro atoms. The van der Waals surface area contributed by atoms with Crippen molar-refractivity contribution in [2.24, 2.45) is 0 Å². The minimum absolute atomic E-state index is 0.263. The molecule has 0 aliphatic carbocycles. The van der Waals surface area contributed by atoms with Gasteiger partial charge in [-0.3, -0.25) is 9.78 Å². The SMILES string of the molecule is O=C(NCCc1ccc(S(=O)(=O)N2CCOCC2)cc1)c1cnccn1. The third-order valence-electron chi connectivity index (χ3n) is 4.03. The fraction of sp³-hybridized carbons (Fsp3) is 0.353. The molecule has 1 amide bonds. The first kappa shape index (κ1) is 18.4. The lowest BCUT2D eigenvalue weighted by Gasteiger charge is -2.26. The van der Waals surface area contributed by atoms with Gasteiger partial charge in [-0.15, -0.1) is 0 Å². The number of benzene rings is 1. The molecule has 1 fully saturated rings. The van der Waals surface area contributed by atoms with Crippen LogP contribution in [0, 0.1) is 0 Å². The third kappa shape index (κ3) is 4.43. The summed E-state index contributed by atoms with van der Waals surface area (Å²) in [6.07, 6.45) is 4.95. The fourth-order valence-corrected chi connectivity index (χ4v) is 4.00. The van der Waals surface area contributed by atoms with Gasteiger partial charge >= 0.3 is 0 Å². The number of nitrogens with zero attached hydrogens (tertiary/aromatic N) is 3. The minimum atomic E-state index is -3.48. The third-order valence-corrected chi connectivity index (χ3v) is 5.94. The van der Waals surface area contributed by atoms with Crippen molar-refractivity contribution in [3.8, 4) is 0 Å². The van der Waals surface area contributed by atoms with E-state index in [0.717, 1.165) is 5.56 Å². The number of carbonyl (C=O) groups excluding carboxylic acids is 1. The van der Waals surface area contributed by atoms with Gasteiger partial charge in [0.25, 0.3) is 5.91 Å². The molecule has 1 aliphatic heterocycles. The van der Waals surface area contributed by atoms with Crippen molar-refractivity contribution in [2.45, 2.75) is 11.3 Å². The van der Waals surface area contributed by atoms with Crippen LogP contribution in [0.5, 0.6) is 0 Å². The Morgan fingerprint density at radius 3 is 2.54 bits per heavy atom. The molecule has 1 aromatic carbocycles. The molecule has 1 N–H and O–H groups in total. The molecule has 0 unspecified atom stereocenters. The first-order valence-corrected chi connectivity index (χ1v) is 9.72. The number of rotatable bonds is 6. The molecule has 9 heteroatoms. The Balaban J connectivity index is 1.55. The number of hydrogen-bond acceptors (Lipinski definition) is 6. The zero-order valence-corrected chi connectivity index (χ0v) is 15.0. The first-order chi connectivity index (χ1) is 12.6. The van der Waals surface area contributed by atoms with E-state index in [1.165, 1.54) is 22.9 Å². The Bertz CT molecular complexity index is 835. The van der Waals surface area contributed by atoms with E-state index in [1.54, 1.807) is 24.3 Å². The van der Waals surface area contributed by atoms with Crippen LogP contribution in [-0.4, -0.2) is 61.4 Å². The first-order valence-electron chi connectivity index (χ1n) is 8.28. The Labute approximate surface area is 152 Å². The van der Waals surface area contributed by atoms with Crippen molar-refractivity contribution in [1.29, 1.82) is 0 Å². The van der Waals surface area contributed by atoms with E-state index in [-0.39, 0.29) is 16.5 Å². The summed E-state index contributed by atoms with van der Waals surface area (Å²) in [5.74, 6) is -0.287. The number of sulfonamides is 1. The molecule has 0 saturated carbocycles. The van der Waals surface area contributed by atoms with E-state index in [2.05, 4.69) is 15.3 Å². The molecule has 2 heterocycles. The second-order valence-electron chi connectivity index (χ2n) is 5.76. The largest absolute Gasteiger partial charge is 0.379 e. The molecule has 0 radical (unpaired) electrons. The summed E-state index contributed by atoms with van der Waals surface area (Å²) in [6, 6.07) is 6.73. The quantitative estimate of drug-likeness (QED) is 0.786. The fourth-order valence-electron chi connectivity index (χ4n) is 2.59. The number of carbonyl (C=O) groups is 1. The maximum Gasteiger partial charge on any atom is 0.271 e. The number of nitrogens with one attached hydrogen (secondary N) is 1. The number of amides is 1. The monoisotopic (exact) mass is 376 g/mol. The van der Waals surface area contributed by atoms with E-state index < -0.39 is 10.0 Å². The van der Waals surface area contributed by atoms with Crippen LogP contribution >= 0.6 is 0 Å². The van der Waals surface area contributed by atoms with Gasteiger partial charge in [0.2, 0.25) is 10.0 Å². The molecular weight excluding hydrogens is 356 g/mol. The molecule has 3 rings (SSSR count). The van der Waals surface area contributed by atoms with E-state index in [9.17, 15) is 13.2 Å². The van der Waals surface area contributed by atoms with Crippen LogP contribution < -0.4 is 5.32 Å². The molecule has 2 aromatic rings. The van der Waals surface area contributed by atoms with Crippen LogP contribution in [0.1, 0.15) is 16.1 Å². The van der Waals surface area contributed by atoms with Gasteiger partial charge in [0, 0.05) is 32.0 Å². The van der Waals surface area contributed by atoms with Crippen molar-refractivity contribution >= 4 is 15.9 Å². The van der Waals surface area contributed by atoms with Crippen LogP contribution in [0.2, 0.25) is 0 Å². The Kier molecular flexibility index (Phi) is 5.92. The molecule has 0 bridgehead atoms. The highest BCUT2D eigenvalue weighted by molar-refractivity contribution is 7.89. The smallest absolute Gasteiger partial charge is 0.271 e. The Morgan fingerprint density at radius 1 is 1.15 bits per heavy atom. The van der Waals surface area contributed by atoms with Crippen LogP contribution in [0.15, 0.2) is 47.8 Å². The molecule has 8 nitrogen and oxygen atoms in total. The zero-order valence-electron chi connectivity index (χ0n) is 14.2. The summed E-state index contributed by atoms with van der Waals surface area (Å²) in [6.45, 7) is 2.01. The lowest BCUT2D eigenvalue weighted by molar-refractivity contribution is 0.0730. The summed E-state index contributed by atoms with van der Waals surface area (Å²) in [4.78, 5) is 19.9. The van der Waals surface area contributed by atoms with Crippen molar-refractivity contribution in [3.63, 3.8) is 0 Å².